The van der Waals surface area contributed by atoms with Gasteiger partial charge in [0, 0.05) is 38.4 Å². The number of aromatic nitrogens is 1. The first kappa shape index (κ1) is 13.9. The first-order valence-electron chi connectivity index (χ1n) is 4.95. The Labute approximate surface area is 124 Å². The SMILES string of the molecule is CCc1cc(C)nc2c([C-]=O)c(C)sc12.[Y]. The van der Waals surface area contributed by atoms with E-state index in [4.69, 9.17) is 0 Å². The number of nitrogens with zero attached hydrogens (tertiary/aromatic N) is 1. The van der Waals surface area contributed by atoms with Gasteiger partial charge in [-0.15, -0.1) is 5.56 Å². The summed E-state index contributed by atoms with van der Waals surface area (Å²) in [7, 11) is 0. The molecule has 0 spiro atoms. The maximum atomic E-state index is 10.9. The molecule has 0 unspecified atom stereocenters. The molecular formula is C12H12NOSY-. The van der Waals surface area contributed by atoms with Gasteiger partial charge in [0.15, 0.2) is 0 Å². The molecular weight excluding hydrogens is 295 g/mol. The van der Waals surface area contributed by atoms with Crippen molar-refractivity contribution in [3.05, 3.63) is 27.8 Å². The van der Waals surface area contributed by atoms with Crippen molar-refractivity contribution in [2.45, 2.75) is 27.2 Å². The van der Waals surface area contributed by atoms with Gasteiger partial charge in [0.1, 0.15) is 0 Å². The van der Waals surface area contributed by atoms with E-state index in [1.807, 2.05) is 20.1 Å². The third-order valence-corrected chi connectivity index (χ3v) is 3.67. The van der Waals surface area contributed by atoms with Crippen molar-refractivity contribution in [2.24, 2.45) is 0 Å². The Morgan fingerprint density at radius 1 is 1.44 bits per heavy atom. The molecule has 0 amide bonds. The number of thiophene rings is 1. The van der Waals surface area contributed by atoms with Crippen LogP contribution in [0.3, 0.4) is 0 Å². The number of pyridine rings is 1. The largest absolute Gasteiger partial charge is 0.376 e. The van der Waals surface area contributed by atoms with Crippen LogP contribution < -0.4 is 0 Å². The van der Waals surface area contributed by atoms with Crippen LogP contribution in [0.5, 0.6) is 0 Å². The molecule has 0 aromatic carbocycles. The number of rotatable bonds is 2. The minimum atomic E-state index is 0. The third kappa shape index (κ3) is 2.27. The predicted octanol–water partition coefficient (Wildman–Crippen LogP) is 2.93. The molecule has 0 saturated carbocycles. The van der Waals surface area contributed by atoms with E-state index < -0.39 is 0 Å². The second-order valence-electron chi connectivity index (χ2n) is 3.59. The third-order valence-electron chi connectivity index (χ3n) is 2.50. The Morgan fingerprint density at radius 3 is 2.69 bits per heavy atom. The molecule has 0 aliphatic heterocycles. The number of hydrogen-bond acceptors (Lipinski definition) is 3. The van der Waals surface area contributed by atoms with Crippen LogP contribution in [0.15, 0.2) is 6.07 Å². The molecule has 2 aromatic heterocycles. The zero-order chi connectivity index (χ0) is 11.0. The van der Waals surface area contributed by atoms with Crippen LogP contribution >= 0.6 is 11.3 Å². The fraction of sp³-hybridized carbons (Fsp3) is 0.333. The second-order valence-corrected chi connectivity index (χ2v) is 4.81. The summed E-state index contributed by atoms with van der Waals surface area (Å²) in [6.07, 6.45) is 2.97. The Bertz CT molecular complexity index is 533. The van der Waals surface area contributed by atoms with Gasteiger partial charge < -0.3 is 9.78 Å². The second kappa shape index (κ2) is 5.48. The molecule has 2 rings (SSSR count). The fourth-order valence-electron chi connectivity index (χ4n) is 1.77. The zero-order valence-electron chi connectivity index (χ0n) is 9.63. The van der Waals surface area contributed by atoms with E-state index in [9.17, 15) is 4.79 Å². The average molecular weight is 307 g/mol. The van der Waals surface area contributed by atoms with Crippen molar-refractivity contribution < 1.29 is 37.5 Å². The number of carbonyl (C=O) groups excluding carboxylic acids is 1. The van der Waals surface area contributed by atoms with E-state index in [1.54, 1.807) is 11.3 Å². The summed E-state index contributed by atoms with van der Waals surface area (Å²) >= 11 is 1.64. The van der Waals surface area contributed by atoms with E-state index in [0.29, 0.717) is 5.56 Å². The van der Waals surface area contributed by atoms with Gasteiger partial charge in [0.25, 0.3) is 0 Å². The molecule has 81 valence electrons. The molecule has 0 aliphatic carbocycles. The topological polar surface area (TPSA) is 30.0 Å². The van der Waals surface area contributed by atoms with Gasteiger partial charge >= 0.3 is 0 Å². The first-order valence-corrected chi connectivity index (χ1v) is 5.76. The van der Waals surface area contributed by atoms with Crippen molar-refractivity contribution in [3.63, 3.8) is 0 Å². The van der Waals surface area contributed by atoms with E-state index in [-0.39, 0.29) is 32.7 Å². The number of hydrogen-bond donors (Lipinski definition) is 0. The van der Waals surface area contributed by atoms with Crippen molar-refractivity contribution in [2.75, 3.05) is 0 Å². The van der Waals surface area contributed by atoms with Gasteiger partial charge in [-0.1, -0.05) is 18.7 Å². The molecule has 2 heterocycles. The van der Waals surface area contributed by atoms with Crippen LogP contribution in [0.1, 0.15) is 28.6 Å². The van der Waals surface area contributed by atoms with Crippen LogP contribution in [-0.4, -0.2) is 11.3 Å². The summed E-state index contributed by atoms with van der Waals surface area (Å²) in [5.41, 5.74) is 3.69. The normalized spacial score (nSPS) is 10.2. The molecule has 0 saturated heterocycles. The fourth-order valence-corrected chi connectivity index (χ4v) is 2.89. The van der Waals surface area contributed by atoms with Gasteiger partial charge in [-0.2, -0.15) is 0 Å². The standard InChI is InChI=1S/C12H12NOS.Y/c1-4-9-5-7(2)13-11-10(6-14)8(3)15-12(9)11;/h5H,4H2,1-3H3;/q-1;. The van der Waals surface area contributed by atoms with E-state index >= 15 is 0 Å². The zero-order valence-corrected chi connectivity index (χ0v) is 13.3. The van der Waals surface area contributed by atoms with Crippen molar-refractivity contribution in [1.29, 1.82) is 0 Å². The molecule has 0 fully saturated rings. The number of fused-ring (bicyclic) bond motifs is 1. The van der Waals surface area contributed by atoms with Gasteiger partial charge in [-0.05, 0) is 35.2 Å². The minimum Gasteiger partial charge on any atom is -0.376 e. The van der Waals surface area contributed by atoms with Crippen molar-refractivity contribution >= 4 is 27.8 Å². The Hall–Kier alpha value is -0.116. The average Bonchev–Trinajstić information content (AvgIpc) is 2.52. The molecule has 16 heavy (non-hydrogen) atoms. The molecule has 1 radical (unpaired) electrons. The van der Waals surface area contributed by atoms with Gasteiger partial charge in [-0.3, -0.25) is 0 Å². The van der Waals surface area contributed by atoms with Crippen LogP contribution in [0.25, 0.3) is 10.2 Å². The smallest absolute Gasteiger partial charge is 0.0658 e. The first-order chi connectivity index (χ1) is 7.17. The maximum Gasteiger partial charge on any atom is 0.0658 e. The van der Waals surface area contributed by atoms with Gasteiger partial charge in [-0.25, -0.2) is 11.3 Å². The van der Waals surface area contributed by atoms with Crippen molar-refractivity contribution in [3.8, 4) is 0 Å². The summed E-state index contributed by atoms with van der Waals surface area (Å²) < 4.78 is 1.14. The molecule has 4 heteroatoms. The Balaban J connectivity index is 0.00000128. The molecule has 2 nitrogen and oxygen atoms in total. The van der Waals surface area contributed by atoms with Gasteiger partial charge in [0.2, 0.25) is 0 Å². The summed E-state index contributed by atoms with van der Waals surface area (Å²) in [4.78, 5) is 16.3. The maximum absolute atomic E-state index is 10.9. The summed E-state index contributed by atoms with van der Waals surface area (Å²) in [6, 6.07) is 2.09. The van der Waals surface area contributed by atoms with Gasteiger partial charge in [0.05, 0.1) is 6.29 Å². The molecule has 0 N–H and O–H groups in total. The summed E-state index contributed by atoms with van der Waals surface area (Å²) in [6.45, 7) is 6.02. The number of aryl methyl sites for hydroxylation is 3. The summed E-state index contributed by atoms with van der Waals surface area (Å²) in [5, 5.41) is 0. The summed E-state index contributed by atoms with van der Waals surface area (Å²) in [5.74, 6) is 0. The quantitative estimate of drug-likeness (QED) is 0.799. The molecule has 2 aromatic rings. The van der Waals surface area contributed by atoms with E-state index in [0.717, 1.165) is 27.2 Å². The monoisotopic (exact) mass is 307 g/mol. The van der Waals surface area contributed by atoms with E-state index in [2.05, 4.69) is 18.0 Å². The van der Waals surface area contributed by atoms with Crippen molar-refractivity contribution in [1.82, 2.24) is 4.98 Å². The predicted molar refractivity (Wildman–Crippen MR) is 63.3 cm³/mol. The Kier molecular flexibility index (Phi) is 4.78. The van der Waals surface area contributed by atoms with Crippen LogP contribution in [0, 0.1) is 13.8 Å². The Morgan fingerprint density at radius 2 is 2.12 bits per heavy atom. The minimum absolute atomic E-state index is 0. The molecule has 0 atom stereocenters. The van der Waals surface area contributed by atoms with E-state index in [1.165, 1.54) is 5.56 Å². The molecule has 0 aliphatic rings. The molecule has 0 bridgehead atoms. The van der Waals surface area contributed by atoms with Crippen LogP contribution in [0.2, 0.25) is 0 Å². The van der Waals surface area contributed by atoms with Crippen LogP contribution in [0.4, 0.5) is 0 Å². The van der Waals surface area contributed by atoms with Crippen LogP contribution in [-0.2, 0) is 43.9 Å².